The number of hydrogen-bond acceptors (Lipinski definition) is 5. The summed E-state index contributed by atoms with van der Waals surface area (Å²) in [5.74, 6) is 0.586. The molecule has 0 unspecified atom stereocenters. The molecule has 0 aliphatic heterocycles. The number of anilines is 1. The highest BCUT2D eigenvalue weighted by Gasteiger charge is 2.24. The van der Waals surface area contributed by atoms with Crippen molar-refractivity contribution in [1.29, 1.82) is 0 Å². The van der Waals surface area contributed by atoms with E-state index in [9.17, 15) is 14.7 Å². The van der Waals surface area contributed by atoms with Crippen molar-refractivity contribution in [3.05, 3.63) is 24.0 Å². The molecule has 0 aliphatic rings. The molecule has 0 aliphatic carbocycles. The van der Waals surface area contributed by atoms with E-state index >= 15 is 0 Å². The normalized spacial score (nSPS) is 12.6. The van der Waals surface area contributed by atoms with Crippen molar-refractivity contribution in [2.45, 2.75) is 45.3 Å². The summed E-state index contributed by atoms with van der Waals surface area (Å²) in [4.78, 5) is 30.3. The maximum Gasteiger partial charge on any atom is 0.408 e. The van der Waals surface area contributed by atoms with E-state index in [4.69, 9.17) is 27.9 Å². The third-order valence-electron chi connectivity index (χ3n) is 4.68. The van der Waals surface area contributed by atoms with Crippen molar-refractivity contribution < 1.29 is 19.4 Å². The predicted molar refractivity (Wildman–Crippen MR) is 123 cm³/mol. The molecule has 2 rings (SSSR count). The molecule has 1 aromatic carbocycles. The fraction of sp³-hybridized carbons (Fsp3) is 0.571. The van der Waals surface area contributed by atoms with Gasteiger partial charge in [0.15, 0.2) is 0 Å². The summed E-state index contributed by atoms with van der Waals surface area (Å²) < 4.78 is 7.09. The number of carbonyl (C=O) groups is 2. The van der Waals surface area contributed by atoms with Crippen LogP contribution >= 0.6 is 23.2 Å². The van der Waals surface area contributed by atoms with E-state index in [1.54, 1.807) is 20.8 Å². The van der Waals surface area contributed by atoms with Gasteiger partial charge in [-0.1, -0.05) is 0 Å². The van der Waals surface area contributed by atoms with Crippen molar-refractivity contribution in [2.75, 3.05) is 29.7 Å². The van der Waals surface area contributed by atoms with Crippen LogP contribution < -0.4 is 10.2 Å². The number of carbonyl (C=O) groups excluding carboxylic acids is 1. The summed E-state index contributed by atoms with van der Waals surface area (Å²) in [5, 5.41) is 11.9. The van der Waals surface area contributed by atoms with Crippen LogP contribution in [0.15, 0.2) is 18.2 Å². The number of benzene rings is 1. The zero-order valence-corrected chi connectivity index (χ0v) is 19.8. The number of carboxylic acids is 1. The van der Waals surface area contributed by atoms with Crippen molar-refractivity contribution in [2.24, 2.45) is 7.05 Å². The maximum absolute atomic E-state index is 12.0. The highest BCUT2D eigenvalue weighted by Crippen LogP contribution is 2.23. The van der Waals surface area contributed by atoms with Gasteiger partial charge in [0, 0.05) is 44.0 Å². The predicted octanol–water partition coefficient (Wildman–Crippen LogP) is 3.77. The minimum atomic E-state index is -1.12. The molecule has 2 N–H and O–H groups in total. The fourth-order valence-electron chi connectivity index (χ4n) is 3.21. The number of aliphatic carboxylic acids is 1. The molecule has 0 saturated carbocycles. The first-order chi connectivity index (χ1) is 14.6. The number of alkyl carbamates (subject to hydrolysis) is 1. The van der Waals surface area contributed by atoms with Crippen molar-refractivity contribution in [1.82, 2.24) is 14.9 Å². The molecule has 0 spiro atoms. The van der Waals surface area contributed by atoms with Crippen LogP contribution in [0.5, 0.6) is 0 Å². The Morgan fingerprint density at radius 2 is 1.90 bits per heavy atom. The number of fused-ring (bicyclic) bond motifs is 1. The number of imidazole rings is 1. The Kier molecular flexibility index (Phi) is 8.82. The highest BCUT2D eigenvalue weighted by molar-refractivity contribution is 6.18. The molecule has 172 valence electrons. The van der Waals surface area contributed by atoms with Crippen LogP contribution in [0.4, 0.5) is 10.5 Å². The van der Waals surface area contributed by atoms with Crippen LogP contribution in [0.3, 0.4) is 0 Å². The van der Waals surface area contributed by atoms with E-state index in [2.05, 4.69) is 15.2 Å². The van der Waals surface area contributed by atoms with Gasteiger partial charge in [-0.05, 0) is 45.4 Å². The lowest BCUT2D eigenvalue weighted by atomic mass is 10.1. The quantitative estimate of drug-likeness (QED) is 0.510. The van der Waals surface area contributed by atoms with Gasteiger partial charge >= 0.3 is 12.1 Å². The Morgan fingerprint density at radius 3 is 2.45 bits per heavy atom. The van der Waals surface area contributed by atoms with E-state index < -0.39 is 23.7 Å². The third kappa shape index (κ3) is 7.18. The average molecular weight is 473 g/mol. The van der Waals surface area contributed by atoms with Gasteiger partial charge in [-0.3, -0.25) is 0 Å². The van der Waals surface area contributed by atoms with Crippen molar-refractivity contribution in [3.63, 3.8) is 0 Å². The Morgan fingerprint density at radius 1 is 1.26 bits per heavy atom. The van der Waals surface area contributed by atoms with Gasteiger partial charge in [-0.15, -0.1) is 23.2 Å². The van der Waals surface area contributed by atoms with Crippen LogP contribution in [0.2, 0.25) is 0 Å². The second-order valence-electron chi connectivity index (χ2n) is 8.20. The van der Waals surface area contributed by atoms with Crippen molar-refractivity contribution in [3.8, 4) is 0 Å². The number of rotatable bonds is 10. The van der Waals surface area contributed by atoms with E-state index in [0.29, 0.717) is 31.3 Å². The first-order valence-corrected chi connectivity index (χ1v) is 11.2. The summed E-state index contributed by atoms with van der Waals surface area (Å²) in [6, 6.07) is 4.88. The maximum atomic E-state index is 12.0. The summed E-state index contributed by atoms with van der Waals surface area (Å²) >= 11 is 11.8. The Balaban J connectivity index is 2.15. The molecule has 1 heterocycles. The number of amides is 1. The average Bonchev–Trinajstić information content (AvgIpc) is 2.98. The second-order valence-corrected chi connectivity index (χ2v) is 8.96. The monoisotopic (exact) mass is 472 g/mol. The summed E-state index contributed by atoms with van der Waals surface area (Å²) in [7, 11) is 1.89. The number of aromatic nitrogens is 2. The Hall–Kier alpha value is -2.19. The number of alkyl halides is 2. The van der Waals surface area contributed by atoms with E-state index in [1.165, 1.54) is 0 Å². The van der Waals surface area contributed by atoms with Crippen LogP contribution in [0, 0.1) is 0 Å². The van der Waals surface area contributed by atoms with Crippen LogP contribution in [-0.4, -0.2) is 63.2 Å². The zero-order chi connectivity index (χ0) is 23.2. The molecule has 10 heteroatoms. The molecular weight excluding hydrogens is 443 g/mol. The number of aryl methyl sites for hydroxylation is 2. The highest BCUT2D eigenvalue weighted by atomic mass is 35.5. The first-order valence-electron chi connectivity index (χ1n) is 10.1. The number of halogens is 2. The van der Waals surface area contributed by atoms with Gasteiger partial charge in [0.1, 0.15) is 17.5 Å². The fourth-order valence-corrected chi connectivity index (χ4v) is 3.62. The van der Waals surface area contributed by atoms with Gasteiger partial charge in [0.25, 0.3) is 0 Å². The molecule has 2 aromatic rings. The van der Waals surface area contributed by atoms with Gasteiger partial charge < -0.3 is 24.6 Å². The molecule has 1 amide bonds. The topological polar surface area (TPSA) is 96.7 Å². The number of hydrogen-bond donors (Lipinski definition) is 2. The van der Waals surface area contributed by atoms with Gasteiger partial charge in [0.05, 0.1) is 11.0 Å². The molecule has 0 radical (unpaired) electrons. The zero-order valence-electron chi connectivity index (χ0n) is 18.3. The lowest BCUT2D eigenvalue weighted by Gasteiger charge is -2.22. The van der Waals surface area contributed by atoms with E-state index in [1.807, 2.05) is 29.8 Å². The largest absolute Gasteiger partial charge is 0.480 e. The molecule has 0 saturated heterocycles. The number of ether oxygens (including phenoxy) is 1. The second kappa shape index (κ2) is 10.9. The third-order valence-corrected chi connectivity index (χ3v) is 5.01. The lowest BCUT2D eigenvalue weighted by molar-refractivity contribution is -0.139. The molecule has 1 atom stereocenters. The smallest absolute Gasteiger partial charge is 0.408 e. The van der Waals surface area contributed by atoms with Gasteiger partial charge in [-0.25, -0.2) is 14.6 Å². The lowest BCUT2D eigenvalue weighted by Crippen LogP contribution is -2.43. The molecule has 0 fully saturated rings. The minimum Gasteiger partial charge on any atom is -0.480 e. The molecule has 0 bridgehead atoms. The number of carboxylic acid groups (broad SMARTS) is 1. The van der Waals surface area contributed by atoms with Gasteiger partial charge in [-0.2, -0.15) is 0 Å². The molecule has 31 heavy (non-hydrogen) atoms. The SMILES string of the molecule is Cn1c(CC[C@H](NC(=O)OC(C)(C)C)C(=O)O)nc2cc(N(CCCl)CCCl)ccc21. The number of nitrogens with zero attached hydrogens (tertiary/aromatic N) is 3. The molecule has 1 aromatic heterocycles. The molecule has 8 nitrogen and oxygen atoms in total. The van der Waals surface area contributed by atoms with Crippen LogP contribution in [0.1, 0.15) is 33.0 Å². The van der Waals surface area contributed by atoms with E-state index in [0.717, 1.165) is 22.5 Å². The summed E-state index contributed by atoms with van der Waals surface area (Å²) in [5.41, 5.74) is 2.01. The van der Waals surface area contributed by atoms with E-state index in [-0.39, 0.29) is 6.42 Å². The summed E-state index contributed by atoms with van der Waals surface area (Å²) in [6.07, 6.45) is -0.197. The Bertz CT molecular complexity index is 905. The first kappa shape index (κ1) is 25.1. The van der Waals surface area contributed by atoms with Crippen molar-refractivity contribution >= 4 is 52.0 Å². The minimum absolute atomic E-state index is 0.184. The standard InChI is InChI=1S/C21H30Cl2N4O4/c1-21(2,3)31-20(30)25-15(19(28)29)6-8-18-24-16-13-14(5-7-17(16)26(18)4)27(11-9-22)12-10-23/h5,7,13,15H,6,8-12H2,1-4H3,(H,25,30)(H,28,29)/t15-/m0/s1. The van der Waals surface area contributed by atoms with Crippen LogP contribution in [-0.2, 0) is 23.0 Å². The molecular formula is C21H30Cl2N4O4. The van der Waals surface area contributed by atoms with Crippen LogP contribution in [0.25, 0.3) is 11.0 Å². The number of nitrogens with one attached hydrogen (secondary N) is 1. The Labute approximate surface area is 192 Å². The summed E-state index contributed by atoms with van der Waals surface area (Å²) in [6.45, 7) is 6.51. The van der Waals surface area contributed by atoms with Gasteiger partial charge in [0.2, 0.25) is 0 Å².